The second kappa shape index (κ2) is 3.30. The molecule has 1 N–H and O–H groups in total. The summed E-state index contributed by atoms with van der Waals surface area (Å²) in [5.41, 5.74) is 0.752. The predicted molar refractivity (Wildman–Crippen MR) is 54.7 cm³/mol. The number of aliphatic hydroxyl groups excluding tert-OH is 1. The van der Waals surface area contributed by atoms with E-state index in [-0.39, 0.29) is 16.6 Å². The third-order valence-electron chi connectivity index (χ3n) is 2.18. The predicted octanol–water partition coefficient (Wildman–Crippen LogP) is 3.01. The van der Waals surface area contributed by atoms with E-state index >= 15 is 0 Å². The maximum absolute atomic E-state index is 11.2. The molecule has 0 aliphatic heterocycles. The van der Waals surface area contributed by atoms with E-state index in [0.29, 0.717) is 5.02 Å². The van der Waals surface area contributed by atoms with E-state index in [9.17, 15) is 4.79 Å². The third-order valence-corrected chi connectivity index (χ3v) is 2.83. The molecule has 0 bridgehead atoms. The zero-order chi connectivity index (χ0) is 10.3. The van der Waals surface area contributed by atoms with Gasteiger partial charge in [-0.1, -0.05) is 35.3 Å². The standard InChI is InChI=1S/C10H6Cl2O2/c11-6-3-1-5(2-4-6)7-8(12)10(14)9(7)13/h1-4,7,14H. The van der Waals surface area contributed by atoms with Crippen LogP contribution in [0.25, 0.3) is 0 Å². The molecule has 1 aliphatic carbocycles. The van der Waals surface area contributed by atoms with Crippen molar-refractivity contribution >= 4 is 29.0 Å². The molecule has 0 amide bonds. The maximum Gasteiger partial charge on any atom is 0.211 e. The zero-order valence-corrected chi connectivity index (χ0v) is 8.51. The van der Waals surface area contributed by atoms with Gasteiger partial charge in [0.05, 0.1) is 11.0 Å². The van der Waals surface area contributed by atoms with E-state index in [0.717, 1.165) is 5.56 Å². The largest absolute Gasteiger partial charge is 0.504 e. The molecule has 4 heteroatoms. The molecule has 0 spiro atoms. The quantitative estimate of drug-likeness (QED) is 0.803. The Labute approximate surface area is 90.8 Å². The summed E-state index contributed by atoms with van der Waals surface area (Å²) in [5, 5.41) is 9.85. The van der Waals surface area contributed by atoms with E-state index < -0.39 is 5.92 Å². The van der Waals surface area contributed by atoms with Crippen LogP contribution >= 0.6 is 23.2 Å². The van der Waals surface area contributed by atoms with Crippen LogP contribution in [0.4, 0.5) is 0 Å². The average Bonchev–Trinajstić information content (AvgIpc) is 2.21. The van der Waals surface area contributed by atoms with Gasteiger partial charge in [-0.2, -0.15) is 0 Å². The van der Waals surface area contributed by atoms with Gasteiger partial charge >= 0.3 is 0 Å². The molecular formula is C10H6Cl2O2. The van der Waals surface area contributed by atoms with Crippen LogP contribution in [0.1, 0.15) is 11.5 Å². The van der Waals surface area contributed by atoms with Gasteiger partial charge < -0.3 is 5.11 Å². The Morgan fingerprint density at radius 2 is 1.71 bits per heavy atom. The lowest BCUT2D eigenvalue weighted by Gasteiger charge is -2.24. The number of carbonyl (C=O) groups is 1. The van der Waals surface area contributed by atoms with E-state index in [2.05, 4.69) is 0 Å². The smallest absolute Gasteiger partial charge is 0.211 e. The summed E-state index contributed by atoms with van der Waals surface area (Å²) in [6, 6.07) is 6.81. The van der Waals surface area contributed by atoms with Gasteiger partial charge in [-0.3, -0.25) is 4.79 Å². The zero-order valence-electron chi connectivity index (χ0n) is 7.00. The molecular weight excluding hydrogens is 223 g/mol. The van der Waals surface area contributed by atoms with Crippen LogP contribution in [-0.4, -0.2) is 10.9 Å². The Morgan fingerprint density at radius 1 is 1.14 bits per heavy atom. The molecule has 2 nitrogen and oxygen atoms in total. The molecule has 1 atom stereocenters. The summed E-state index contributed by atoms with van der Waals surface area (Å²) in [7, 11) is 0. The minimum absolute atomic E-state index is 0.206. The van der Waals surface area contributed by atoms with Crippen LogP contribution in [0.15, 0.2) is 35.1 Å². The molecule has 1 unspecified atom stereocenters. The molecule has 0 radical (unpaired) electrons. The lowest BCUT2D eigenvalue weighted by atomic mass is 9.84. The number of benzene rings is 1. The highest BCUT2D eigenvalue weighted by atomic mass is 35.5. The fourth-order valence-electron chi connectivity index (χ4n) is 1.38. The molecule has 1 aromatic carbocycles. The SMILES string of the molecule is O=C1C(O)=C(Cl)C1c1ccc(Cl)cc1. The van der Waals surface area contributed by atoms with Crippen molar-refractivity contribution in [1.29, 1.82) is 0 Å². The molecule has 1 aliphatic rings. The second-order valence-corrected chi connectivity index (χ2v) is 3.89. The van der Waals surface area contributed by atoms with Crippen molar-refractivity contribution in [2.24, 2.45) is 0 Å². The second-order valence-electron chi connectivity index (χ2n) is 3.05. The topological polar surface area (TPSA) is 37.3 Å². The number of carbonyl (C=O) groups excluding carboxylic acids is 1. The normalized spacial score (nSPS) is 21.0. The first-order valence-corrected chi connectivity index (χ1v) is 4.75. The Balaban J connectivity index is 2.36. The number of aliphatic hydroxyl groups is 1. The summed E-state index contributed by atoms with van der Waals surface area (Å²) in [4.78, 5) is 11.2. The monoisotopic (exact) mass is 228 g/mol. The molecule has 0 heterocycles. The van der Waals surface area contributed by atoms with Gasteiger partial charge in [-0.05, 0) is 17.7 Å². The van der Waals surface area contributed by atoms with Crippen LogP contribution in [0, 0.1) is 0 Å². The molecule has 14 heavy (non-hydrogen) atoms. The molecule has 72 valence electrons. The number of rotatable bonds is 1. The fourth-order valence-corrected chi connectivity index (χ4v) is 1.83. The van der Waals surface area contributed by atoms with E-state index in [4.69, 9.17) is 28.3 Å². The summed E-state index contributed by atoms with van der Waals surface area (Å²) >= 11 is 11.4. The van der Waals surface area contributed by atoms with Crippen LogP contribution in [0.3, 0.4) is 0 Å². The number of halogens is 2. The fraction of sp³-hybridized carbons (Fsp3) is 0.100. The molecule has 2 rings (SSSR count). The van der Waals surface area contributed by atoms with E-state index in [1.54, 1.807) is 24.3 Å². The van der Waals surface area contributed by atoms with Gasteiger partial charge in [-0.15, -0.1) is 0 Å². The van der Waals surface area contributed by atoms with Gasteiger partial charge in [-0.25, -0.2) is 0 Å². The van der Waals surface area contributed by atoms with Gasteiger partial charge in [0.2, 0.25) is 5.78 Å². The molecule has 0 fully saturated rings. The van der Waals surface area contributed by atoms with Gasteiger partial charge in [0, 0.05) is 5.02 Å². The highest BCUT2D eigenvalue weighted by Gasteiger charge is 2.39. The van der Waals surface area contributed by atoms with Crippen LogP contribution in [-0.2, 0) is 4.79 Å². The highest BCUT2D eigenvalue weighted by molar-refractivity contribution is 6.39. The number of allylic oxidation sites excluding steroid dienone is 2. The number of hydrogen-bond acceptors (Lipinski definition) is 2. The first kappa shape index (κ1) is 9.56. The lowest BCUT2D eigenvalue weighted by molar-refractivity contribution is -0.120. The molecule has 0 saturated heterocycles. The molecule has 0 saturated carbocycles. The number of Topliss-reactive ketones (excluding diaryl/α,β-unsaturated/α-hetero) is 1. The number of hydrogen-bond donors (Lipinski definition) is 1. The first-order valence-electron chi connectivity index (χ1n) is 3.99. The van der Waals surface area contributed by atoms with Crippen molar-refractivity contribution in [2.45, 2.75) is 5.92 Å². The van der Waals surface area contributed by atoms with Gasteiger partial charge in [0.15, 0.2) is 5.76 Å². The average molecular weight is 229 g/mol. The number of ketones is 1. The Morgan fingerprint density at radius 3 is 2.21 bits per heavy atom. The van der Waals surface area contributed by atoms with E-state index in [1.165, 1.54) is 0 Å². The van der Waals surface area contributed by atoms with Gasteiger partial charge in [0.25, 0.3) is 0 Å². The van der Waals surface area contributed by atoms with Crippen molar-refractivity contribution < 1.29 is 9.90 Å². The van der Waals surface area contributed by atoms with Crippen molar-refractivity contribution in [3.63, 3.8) is 0 Å². The minimum Gasteiger partial charge on any atom is -0.504 e. The van der Waals surface area contributed by atoms with Crippen molar-refractivity contribution in [1.82, 2.24) is 0 Å². The van der Waals surface area contributed by atoms with E-state index in [1.807, 2.05) is 0 Å². The summed E-state index contributed by atoms with van der Waals surface area (Å²) in [5.74, 6) is -1.17. The van der Waals surface area contributed by atoms with Crippen LogP contribution in [0.5, 0.6) is 0 Å². The minimum atomic E-state index is -0.506. The Hall–Kier alpha value is -0.990. The van der Waals surface area contributed by atoms with Gasteiger partial charge in [0.1, 0.15) is 0 Å². The van der Waals surface area contributed by atoms with Crippen LogP contribution in [0.2, 0.25) is 5.02 Å². The Bertz CT molecular complexity index is 420. The molecule has 1 aromatic rings. The Kier molecular flexibility index (Phi) is 2.25. The third kappa shape index (κ3) is 1.31. The van der Waals surface area contributed by atoms with Crippen molar-refractivity contribution in [2.75, 3.05) is 0 Å². The lowest BCUT2D eigenvalue weighted by Crippen LogP contribution is -2.26. The first-order chi connectivity index (χ1) is 6.61. The maximum atomic E-state index is 11.2. The van der Waals surface area contributed by atoms with Crippen LogP contribution < -0.4 is 0 Å². The summed E-state index contributed by atoms with van der Waals surface area (Å²) < 4.78 is 0. The summed E-state index contributed by atoms with van der Waals surface area (Å²) in [6.07, 6.45) is 0. The summed E-state index contributed by atoms with van der Waals surface area (Å²) in [6.45, 7) is 0. The highest BCUT2D eigenvalue weighted by Crippen LogP contribution is 2.40. The van der Waals surface area contributed by atoms with Crippen molar-refractivity contribution in [3.05, 3.63) is 45.6 Å². The molecule has 0 aromatic heterocycles. The van der Waals surface area contributed by atoms with Crippen molar-refractivity contribution in [3.8, 4) is 0 Å².